The third-order valence-electron chi connectivity index (χ3n) is 1.79. The summed E-state index contributed by atoms with van der Waals surface area (Å²) in [7, 11) is 0. The number of carbonyl (C=O) groups is 1. The van der Waals surface area contributed by atoms with Gasteiger partial charge in [0.2, 0.25) is 6.41 Å². The number of aromatic amines is 2. The molecule has 0 spiro atoms. The van der Waals surface area contributed by atoms with Gasteiger partial charge in [-0.15, -0.1) is 0 Å². The zero-order valence-electron chi connectivity index (χ0n) is 6.90. The Bertz CT molecular complexity index is 329. The Balaban J connectivity index is 2.35. The number of anilines is 2. The number of hydrogen-bond donors (Lipinski definition) is 2. The first-order chi connectivity index (χ1) is 6.42. The van der Waals surface area contributed by atoms with Crippen LogP contribution in [-0.2, 0) is 4.79 Å². The van der Waals surface area contributed by atoms with Gasteiger partial charge in [0, 0.05) is 12.4 Å². The Morgan fingerprint density at radius 3 is 1.92 bits per heavy atom. The fourth-order valence-electron chi connectivity index (χ4n) is 1.18. The number of aromatic nitrogens is 2. The Morgan fingerprint density at radius 1 is 1.08 bits per heavy atom. The summed E-state index contributed by atoms with van der Waals surface area (Å²) >= 11 is 0. The molecule has 2 N–H and O–H groups in total. The van der Waals surface area contributed by atoms with E-state index in [-0.39, 0.29) is 0 Å². The van der Waals surface area contributed by atoms with E-state index in [4.69, 9.17) is 0 Å². The Morgan fingerprint density at radius 2 is 1.62 bits per heavy atom. The standard InChI is InChI=1S/C9H9N3O/c13-7-12(8-3-1-5-10-8)9-4-2-6-11-9/h1-7,10-11H. The number of amides is 1. The molecule has 66 valence electrons. The monoisotopic (exact) mass is 175 g/mol. The van der Waals surface area contributed by atoms with E-state index >= 15 is 0 Å². The van der Waals surface area contributed by atoms with E-state index in [1.54, 1.807) is 12.4 Å². The molecule has 4 nitrogen and oxygen atoms in total. The van der Waals surface area contributed by atoms with Gasteiger partial charge in [0.15, 0.2) is 0 Å². The Kier molecular flexibility index (Phi) is 1.88. The van der Waals surface area contributed by atoms with E-state index in [1.807, 2.05) is 24.3 Å². The van der Waals surface area contributed by atoms with Crippen molar-refractivity contribution < 1.29 is 4.79 Å². The van der Waals surface area contributed by atoms with Crippen LogP contribution >= 0.6 is 0 Å². The summed E-state index contributed by atoms with van der Waals surface area (Å²) in [6, 6.07) is 7.34. The Labute approximate surface area is 75.2 Å². The Hall–Kier alpha value is -1.97. The minimum absolute atomic E-state index is 0.748. The van der Waals surface area contributed by atoms with Crippen LogP contribution in [0.1, 0.15) is 0 Å². The molecule has 13 heavy (non-hydrogen) atoms. The maximum atomic E-state index is 10.8. The number of nitrogens with one attached hydrogen (secondary N) is 2. The second-order valence-corrected chi connectivity index (χ2v) is 2.59. The molecule has 0 atom stereocenters. The fraction of sp³-hybridized carbons (Fsp3) is 0. The molecule has 0 unspecified atom stereocenters. The molecule has 2 rings (SSSR count). The van der Waals surface area contributed by atoms with Gasteiger partial charge in [-0.05, 0) is 24.3 Å². The first-order valence-electron chi connectivity index (χ1n) is 3.93. The zero-order chi connectivity index (χ0) is 9.10. The fourth-order valence-corrected chi connectivity index (χ4v) is 1.18. The highest BCUT2D eigenvalue weighted by molar-refractivity contribution is 5.83. The van der Waals surface area contributed by atoms with Crippen molar-refractivity contribution in [3.05, 3.63) is 36.7 Å². The molecule has 2 aromatic heterocycles. The molecule has 0 saturated heterocycles. The molecule has 0 bridgehead atoms. The average Bonchev–Trinajstić information content (AvgIpc) is 2.76. The van der Waals surface area contributed by atoms with Crippen LogP contribution in [0.3, 0.4) is 0 Å². The van der Waals surface area contributed by atoms with Gasteiger partial charge in [-0.25, -0.2) is 0 Å². The maximum Gasteiger partial charge on any atom is 0.221 e. The van der Waals surface area contributed by atoms with Crippen molar-refractivity contribution >= 4 is 18.0 Å². The highest BCUT2D eigenvalue weighted by atomic mass is 16.1. The molecular formula is C9H9N3O. The van der Waals surface area contributed by atoms with Crippen molar-refractivity contribution in [1.82, 2.24) is 9.97 Å². The van der Waals surface area contributed by atoms with Gasteiger partial charge < -0.3 is 9.97 Å². The van der Waals surface area contributed by atoms with Gasteiger partial charge in [-0.1, -0.05) is 0 Å². The van der Waals surface area contributed by atoms with E-state index in [9.17, 15) is 4.79 Å². The molecule has 0 aliphatic heterocycles. The summed E-state index contributed by atoms with van der Waals surface area (Å²) in [5, 5.41) is 0. The van der Waals surface area contributed by atoms with Crippen molar-refractivity contribution in [2.45, 2.75) is 0 Å². The van der Waals surface area contributed by atoms with Gasteiger partial charge in [0.25, 0.3) is 0 Å². The predicted molar refractivity (Wildman–Crippen MR) is 49.8 cm³/mol. The summed E-state index contributed by atoms with van der Waals surface area (Å²) in [6.07, 6.45) is 4.31. The van der Waals surface area contributed by atoms with Crippen LogP contribution in [0.4, 0.5) is 11.6 Å². The zero-order valence-corrected chi connectivity index (χ0v) is 6.90. The van der Waals surface area contributed by atoms with Gasteiger partial charge in [-0.3, -0.25) is 9.69 Å². The van der Waals surface area contributed by atoms with E-state index in [0.29, 0.717) is 0 Å². The molecule has 2 heterocycles. The minimum Gasteiger partial charge on any atom is -0.348 e. The third-order valence-corrected chi connectivity index (χ3v) is 1.79. The quantitative estimate of drug-likeness (QED) is 0.684. The summed E-state index contributed by atoms with van der Waals surface area (Å²) in [5.74, 6) is 1.50. The molecule has 0 radical (unpaired) electrons. The molecular weight excluding hydrogens is 166 g/mol. The van der Waals surface area contributed by atoms with Gasteiger partial charge in [0.05, 0.1) is 0 Å². The van der Waals surface area contributed by atoms with Crippen molar-refractivity contribution in [2.75, 3.05) is 4.90 Å². The lowest BCUT2D eigenvalue weighted by molar-refractivity contribution is -0.106. The summed E-state index contributed by atoms with van der Waals surface area (Å²) < 4.78 is 0. The van der Waals surface area contributed by atoms with Crippen molar-refractivity contribution in [3.63, 3.8) is 0 Å². The first-order valence-corrected chi connectivity index (χ1v) is 3.93. The lowest BCUT2D eigenvalue weighted by Crippen LogP contribution is -2.14. The van der Waals surface area contributed by atoms with Crippen LogP contribution in [-0.4, -0.2) is 16.4 Å². The van der Waals surface area contributed by atoms with E-state index in [0.717, 1.165) is 18.0 Å². The highest BCUT2D eigenvalue weighted by Gasteiger charge is 2.07. The van der Waals surface area contributed by atoms with E-state index in [1.165, 1.54) is 4.90 Å². The summed E-state index contributed by atoms with van der Waals surface area (Å²) in [4.78, 5) is 18.2. The number of carbonyl (C=O) groups excluding carboxylic acids is 1. The highest BCUT2D eigenvalue weighted by Crippen LogP contribution is 2.18. The molecule has 0 aliphatic rings. The van der Waals surface area contributed by atoms with Crippen molar-refractivity contribution in [3.8, 4) is 0 Å². The third kappa shape index (κ3) is 1.33. The summed E-state index contributed by atoms with van der Waals surface area (Å²) in [6.45, 7) is 0. The number of H-pyrrole nitrogens is 2. The molecule has 2 aromatic rings. The van der Waals surface area contributed by atoms with Crippen LogP contribution in [0, 0.1) is 0 Å². The molecule has 1 amide bonds. The first kappa shape index (κ1) is 7.67. The maximum absolute atomic E-state index is 10.8. The predicted octanol–water partition coefficient (Wildman–Crippen LogP) is 1.64. The van der Waals surface area contributed by atoms with E-state index < -0.39 is 0 Å². The van der Waals surface area contributed by atoms with Crippen LogP contribution < -0.4 is 4.90 Å². The van der Waals surface area contributed by atoms with Crippen molar-refractivity contribution in [2.24, 2.45) is 0 Å². The SMILES string of the molecule is O=CN(c1ccc[nH]1)c1ccc[nH]1. The second-order valence-electron chi connectivity index (χ2n) is 2.59. The molecule has 0 aliphatic carbocycles. The normalized spacial score (nSPS) is 9.85. The number of hydrogen-bond acceptors (Lipinski definition) is 1. The topological polar surface area (TPSA) is 51.9 Å². The van der Waals surface area contributed by atoms with Crippen LogP contribution in [0.2, 0.25) is 0 Å². The van der Waals surface area contributed by atoms with Gasteiger partial charge in [-0.2, -0.15) is 0 Å². The minimum atomic E-state index is 0.748. The van der Waals surface area contributed by atoms with Gasteiger partial charge >= 0.3 is 0 Å². The molecule has 4 heteroatoms. The van der Waals surface area contributed by atoms with Gasteiger partial charge in [0.1, 0.15) is 11.6 Å². The largest absolute Gasteiger partial charge is 0.348 e. The van der Waals surface area contributed by atoms with Crippen LogP contribution in [0.25, 0.3) is 0 Å². The van der Waals surface area contributed by atoms with E-state index in [2.05, 4.69) is 9.97 Å². The van der Waals surface area contributed by atoms with Crippen molar-refractivity contribution in [1.29, 1.82) is 0 Å². The molecule has 0 aromatic carbocycles. The van der Waals surface area contributed by atoms with Crippen LogP contribution in [0.15, 0.2) is 36.7 Å². The molecule has 0 saturated carbocycles. The van der Waals surface area contributed by atoms with Crippen LogP contribution in [0.5, 0.6) is 0 Å². The lowest BCUT2D eigenvalue weighted by atomic mass is 10.5. The average molecular weight is 175 g/mol. The lowest BCUT2D eigenvalue weighted by Gasteiger charge is -2.12. The number of rotatable bonds is 3. The summed E-state index contributed by atoms with van der Waals surface area (Å²) in [5.41, 5.74) is 0. The second kappa shape index (κ2) is 3.18. The smallest absolute Gasteiger partial charge is 0.221 e. The molecule has 0 fully saturated rings. The number of nitrogens with zero attached hydrogens (tertiary/aromatic N) is 1.